The number of rotatable bonds is 7. The Hall–Kier alpha value is -1.73. The predicted molar refractivity (Wildman–Crippen MR) is 101 cm³/mol. The van der Waals surface area contributed by atoms with Gasteiger partial charge in [0.15, 0.2) is 0 Å². The van der Waals surface area contributed by atoms with Crippen molar-refractivity contribution in [2.75, 3.05) is 45.3 Å². The van der Waals surface area contributed by atoms with Gasteiger partial charge in [-0.05, 0) is 36.1 Å². The van der Waals surface area contributed by atoms with Gasteiger partial charge in [-0.2, -0.15) is 11.8 Å². The largest absolute Gasteiger partial charge is 0.497 e. The lowest BCUT2D eigenvalue weighted by atomic mass is 10.1. The van der Waals surface area contributed by atoms with Gasteiger partial charge in [-0.1, -0.05) is 12.1 Å². The Kier molecular flexibility index (Phi) is 7.58. The molecule has 1 aliphatic heterocycles. The van der Waals surface area contributed by atoms with E-state index in [1.54, 1.807) is 23.8 Å². The molecule has 0 radical (unpaired) electrons. The van der Waals surface area contributed by atoms with Gasteiger partial charge in [-0.15, -0.1) is 0 Å². The van der Waals surface area contributed by atoms with Gasteiger partial charge in [-0.3, -0.25) is 9.59 Å². The Bertz CT molecular complexity index is 589. The highest BCUT2D eigenvalue weighted by molar-refractivity contribution is 7.98. The van der Waals surface area contributed by atoms with Crippen LogP contribution >= 0.6 is 11.8 Å². The smallest absolute Gasteiger partial charge is 0.239 e. The maximum Gasteiger partial charge on any atom is 0.239 e. The first-order valence-electron chi connectivity index (χ1n) is 8.49. The van der Waals surface area contributed by atoms with Crippen LogP contribution in [-0.4, -0.2) is 73.0 Å². The molecule has 2 N–H and O–H groups in total. The van der Waals surface area contributed by atoms with Crippen LogP contribution in [0.25, 0.3) is 0 Å². The van der Waals surface area contributed by atoms with Gasteiger partial charge in [-0.25, -0.2) is 0 Å². The summed E-state index contributed by atoms with van der Waals surface area (Å²) in [6.45, 7) is 2.22. The van der Waals surface area contributed by atoms with Gasteiger partial charge in [0.05, 0.1) is 19.6 Å². The lowest BCUT2D eigenvalue weighted by molar-refractivity contribution is -0.140. The summed E-state index contributed by atoms with van der Waals surface area (Å²) in [5, 5.41) is 0. The van der Waals surface area contributed by atoms with E-state index in [2.05, 4.69) is 0 Å². The highest BCUT2D eigenvalue weighted by Gasteiger charge is 2.26. The van der Waals surface area contributed by atoms with Crippen molar-refractivity contribution < 1.29 is 14.3 Å². The Labute approximate surface area is 153 Å². The maximum absolute atomic E-state index is 12.5. The van der Waals surface area contributed by atoms with E-state index in [0.29, 0.717) is 39.0 Å². The first-order valence-corrected chi connectivity index (χ1v) is 9.88. The van der Waals surface area contributed by atoms with Crippen LogP contribution in [0.15, 0.2) is 24.3 Å². The predicted octanol–water partition coefficient (Wildman–Crippen LogP) is 0.989. The number of amides is 2. The lowest BCUT2D eigenvalue weighted by Gasteiger charge is -2.36. The second-order valence-corrected chi connectivity index (χ2v) is 7.11. The summed E-state index contributed by atoms with van der Waals surface area (Å²) in [5.74, 6) is 1.70. The molecule has 1 aromatic rings. The number of ether oxygens (including phenoxy) is 1. The second kappa shape index (κ2) is 9.68. The van der Waals surface area contributed by atoms with E-state index < -0.39 is 6.04 Å². The van der Waals surface area contributed by atoms with Gasteiger partial charge < -0.3 is 20.3 Å². The monoisotopic (exact) mass is 365 g/mol. The zero-order chi connectivity index (χ0) is 18.2. The molecule has 1 aliphatic rings. The van der Waals surface area contributed by atoms with Gasteiger partial charge in [0, 0.05) is 26.2 Å². The zero-order valence-corrected chi connectivity index (χ0v) is 15.8. The summed E-state index contributed by atoms with van der Waals surface area (Å²) in [6, 6.07) is 7.10. The van der Waals surface area contributed by atoms with Crippen LogP contribution in [-0.2, 0) is 16.0 Å². The van der Waals surface area contributed by atoms with Crippen LogP contribution < -0.4 is 10.5 Å². The van der Waals surface area contributed by atoms with Crippen molar-refractivity contribution >= 4 is 23.6 Å². The van der Waals surface area contributed by atoms with E-state index in [0.717, 1.165) is 17.1 Å². The highest BCUT2D eigenvalue weighted by Crippen LogP contribution is 2.14. The Morgan fingerprint density at radius 3 is 2.56 bits per heavy atom. The van der Waals surface area contributed by atoms with Gasteiger partial charge in [0.2, 0.25) is 11.8 Å². The first-order chi connectivity index (χ1) is 12.0. The molecule has 0 spiro atoms. The third-order valence-electron chi connectivity index (χ3n) is 4.38. The van der Waals surface area contributed by atoms with Crippen LogP contribution in [0.3, 0.4) is 0 Å². The van der Waals surface area contributed by atoms with Gasteiger partial charge in [0.1, 0.15) is 5.75 Å². The van der Waals surface area contributed by atoms with Crippen molar-refractivity contribution in [1.82, 2.24) is 9.80 Å². The number of benzene rings is 1. The summed E-state index contributed by atoms with van der Waals surface area (Å²) >= 11 is 1.69. The molecule has 25 heavy (non-hydrogen) atoms. The van der Waals surface area contributed by atoms with Crippen LogP contribution in [0.4, 0.5) is 0 Å². The van der Waals surface area contributed by atoms with E-state index in [1.165, 1.54) is 0 Å². The number of carbonyl (C=O) groups excluding carboxylic acids is 2. The molecule has 1 heterocycles. The van der Waals surface area contributed by atoms with E-state index >= 15 is 0 Å². The number of piperazine rings is 1. The normalized spacial score (nSPS) is 15.8. The second-order valence-electron chi connectivity index (χ2n) is 6.12. The minimum absolute atomic E-state index is 0.00561. The van der Waals surface area contributed by atoms with Crippen molar-refractivity contribution in [3.63, 3.8) is 0 Å². The fraction of sp³-hybridized carbons (Fsp3) is 0.556. The average molecular weight is 365 g/mol. The number of thioether (sulfide) groups is 1. The molecule has 7 heteroatoms. The molecular weight excluding hydrogens is 338 g/mol. The summed E-state index contributed by atoms with van der Waals surface area (Å²) in [5.41, 5.74) is 6.89. The molecule has 0 unspecified atom stereocenters. The average Bonchev–Trinajstić information content (AvgIpc) is 2.65. The fourth-order valence-electron chi connectivity index (χ4n) is 2.85. The lowest BCUT2D eigenvalue weighted by Crippen LogP contribution is -2.54. The minimum atomic E-state index is -0.438. The molecule has 2 rings (SSSR count). The van der Waals surface area contributed by atoms with Crippen molar-refractivity contribution in [1.29, 1.82) is 0 Å². The van der Waals surface area contributed by atoms with Crippen LogP contribution in [0.2, 0.25) is 0 Å². The number of carbonyl (C=O) groups is 2. The number of nitrogens with zero attached hydrogens (tertiary/aromatic N) is 2. The molecule has 1 aromatic carbocycles. The maximum atomic E-state index is 12.5. The first kappa shape index (κ1) is 19.6. The molecule has 138 valence electrons. The van der Waals surface area contributed by atoms with Crippen molar-refractivity contribution in [3.8, 4) is 5.75 Å². The Balaban J connectivity index is 1.82. The molecule has 1 fully saturated rings. The molecule has 2 amide bonds. The third-order valence-corrected chi connectivity index (χ3v) is 5.03. The summed E-state index contributed by atoms with van der Waals surface area (Å²) in [4.78, 5) is 28.4. The molecule has 1 atom stereocenters. The fourth-order valence-corrected chi connectivity index (χ4v) is 3.34. The highest BCUT2D eigenvalue weighted by atomic mass is 32.2. The van der Waals surface area contributed by atoms with Gasteiger partial charge >= 0.3 is 0 Å². The number of methoxy groups -OCH3 is 1. The van der Waals surface area contributed by atoms with Crippen molar-refractivity contribution in [2.45, 2.75) is 18.9 Å². The van der Waals surface area contributed by atoms with Crippen molar-refractivity contribution in [2.24, 2.45) is 5.73 Å². The Morgan fingerprint density at radius 2 is 1.92 bits per heavy atom. The summed E-state index contributed by atoms with van der Waals surface area (Å²) in [7, 11) is 1.61. The summed E-state index contributed by atoms with van der Waals surface area (Å²) < 4.78 is 5.19. The third kappa shape index (κ3) is 5.64. The molecule has 0 aromatic heterocycles. The van der Waals surface area contributed by atoms with Crippen LogP contribution in [0.1, 0.15) is 12.0 Å². The summed E-state index contributed by atoms with van der Waals surface area (Å²) in [6.07, 6.45) is 3.04. The number of nitrogens with two attached hydrogens (primary N) is 1. The van der Waals surface area contributed by atoms with E-state index in [9.17, 15) is 9.59 Å². The van der Waals surface area contributed by atoms with Crippen molar-refractivity contribution in [3.05, 3.63) is 29.8 Å². The quantitative estimate of drug-likeness (QED) is 0.780. The number of hydrogen-bond donors (Lipinski definition) is 1. The zero-order valence-electron chi connectivity index (χ0n) is 14.9. The minimum Gasteiger partial charge on any atom is -0.497 e. The number of hydrogen-bond acceptors (Lipinski definition) is 5. The van der Waals surface area contributed by atoms with E-state index in [4.69, 9.17) is 10.5 Å². The standard InChI is InChI=1S/C18H27N3O3S/c1-24-15-5-3-4-14(12-15)13-17(22)20-7-9-21(10-8-20)18(23)16(19)6-11-25-2/h3-5,12,16H,6-11,13,19H2,1-2H3/t16-/m0/s1. The van der Waals surface area contributed by atoms with E-state index in [-0.39, 0.29) is 11.8 Å². The molecule has 0 aliphatic carbocycles. The SMILES string of the molecule is COc1cccc(CC(=O)N2CCN(C(=O)[C@@H](N)CCSC)CC2)c1. The topological polar surface area (TPSA) is 75.9 Å². The van der Waals surface area contributed by atoms with Crippen LogP contribution in [0.5, 0.6) is 5.75 Å². The molecule has 6 nitrogen and oxygen atoms in total. The van der Waals surface area contributed by atoms with Gasteiger partial charge in [0.25, 0.3) is 0 Å². The Morgan fingerprint density at radius 1 is 1.24 bits per heavy atom. The molecular formula is C18H27N3O3S. The molecule has 0 saturated carbocycles. The van der Waals surface area contributed by atoms with E-state index in [1.807, 2.05) is 35.4 Å². The molecule has 1 saturated heterocycles. The van der Waals surface area contributed by atoms with Crippen LogP contribution in [0, 0.1) is 0 Å². The molecule has 0 bridgehead atoms.